The second-order valence-corrected chi connectivity index (χ2v) is 2.71. The highest BCUT2D eigenvalue weighted by Gasteiger charge is 2.11. The van der Waals surface area contributed by atoms with E-state index in [2.05, 4.69) is 15.1 Å². The van der Waals surface area contributed by atoms with E-state index < -0.39 is 0 Å². The summed E-state index contributed by atoms with van der Waals surface area (Å²) < 4.78 is 6.63. The molecule has 0 bridgehead atoms. The maximum absolute atomic E-state index is 8.42. The van der Waals surface area contributed by atoms with Crippen molar-refractivity contribution in [2.75, 3.05) is 0 Å². The molecule has 0 fully saturated rings. The van der Waals surface area contributed by atoms with Crippen LogP contribution in [0.1, 0.15) is 5.89 Å². The van der Waals surface area contributed by atoms with E-state index in [9.17, 15) is 0 Å². The molecule has 0 amide bonds. The molecule has 0 aromatic carbocycles. The number of hydrogen-bond acceptors (Lipinski definition) is 5. The molecule has 0 unspecified atom stereocenters. The summed E-state index contributed by atoms with van der Waals surface area (Å²) in [5.41, 5.74) is 0. The van der Waals surface area contributed by atoms with Gasteiger partial charge in [-0.15, -0.1) is 0 Å². The van der Waals surface area contributed by atoms with Gasteiger partial charge in [0.25, 0.3) is 0 Å². The van der Waals surface area contributed by atoms with Crippen LogP contribution >= 0.6 is 0 Å². The zero-order valence-electron chi connectivity index (χ0n) is 7.51. The molecular weight excluding hydrogens is 182 g/mol. The van der Waals surface area contributed by atoms with Crippen LogP contribution in [0.5, 0.6) is 0 Å². The first-order valence-electron chi connectivity index (χ1n) is 3.98. The van der Waals surface area contributed by atoms with Gasteiger partial charge in [0.1, 0.15) is 6.42 Å². The van der Waals surface area contributed by atoms with Gasteiger partial charge < -0.3 is 9.09 Å². The molecule has 6 nitrogen and oxygen atoms in total. The third kappa shape index (κ3) is 1.35. The van der Waals surface area contributed by atoms with Crippen molar-refractivity contribution in [3.63, 3.8) is 0 Å². The molecule has 2 aromatic heterocycles. The number of imidazole rings is 1. The molecule has 0 saturated heterocycles. The zero-order chi connectivity index (χ0) is 9.97. The molecule has 0 aliphatic heterocycles. The lowest BCUT2D eigenvalue weighted by molar-refractivity contribution is 0.387. The molecule has 14 heavy (non-hydrogen) atoms. The van der Waals surface area contributed by atoms with Crippen LogP contribution in [0.25, 0.3) is 11.6 Å². The predicted octanol–water partition coefficient (Wildman–Crippen LogP) is 0.536. The minimum atomic E-state index is 0.122. The molecule has 6 heteroatoms. The average molecular weight is 189 g/mol. The Balaban J connectivity index is 2.35. The Kier molecular flexibility index (Phi) is 1.99. The monoisotopic (exact) mass is 189 g/mol. The van der Waals surface area contributed by atoms with Crippen molar-refractivity contribution in [1.29, 1.82) is 5.26 Å². The molecule has 0 radical (unpaired) electrons. The van der Waals surface area contributed by atoms with Crippen LogP contribution in [0.2, 0.25) is 0 Å². The van der Waals surface area contributed by atoms with E-state index >= 15 is 0 Å². The van der Waals surface area contributed by atoms with Crippen LogP contribution < -0.4 is 0 Å². The maximum Gasteiger partial charge on any atom is 0.241 e. The lowest BCUT2D eigenvalue weighted by Gasteiger charge is -1.92. The van der Waals surface area contributed by atoms with Crippen molar-refractivity contribution in [3.05, 3.63) is 18.3 Å². The number of nitrogens with zero attached hydrogens (tertiary/aromatic N) is 5. The summed E-state index contributed by atoms with van der Waals surface area (Å²) >= 11 is 0. The lowest BCUT2D eigenvalue weighted by atomic mass is 10.5. The van der Waals surface area contributed by atoms with Crippen LogP contribution in [-0.4, -0.2) is 19.7 Å². The highest BCUT2D eigenvalue weighted by atomic mass is 16.5. The molecular formula is C8H7N5O. The lowest BCUT2D eigenvalue weighted by Crippen LogP contribution is -1.93. The first-order chi connectivity index (χ1) is 6.81. The van der Waals surface area contributed by atoms with Crippen LogP contribution in [0, 0.1) is 11.3 Å². The molecule has 0 aliphatic carbocycles. The largest absolute Gasteiger partial charge is 0.338 e. The van der Waals surface area contributed by atoms with Gasteiger partial charge in [-0.1, -0.05) is 5.16 Å². The Bertz CT molecular complexity index is 478. The van der Waals surface area contributed by atoms with Crippen molar-refractivity contribution in [2.24, 2.45) is 7.05 Å². The summed E-state index contributed by atoms with van der Waals surface area (Å²) in [7, 11) is 1.84. The van der Waals surface area contributed by atoms with Gasteiger partial charge in [0.2, 0.25) is 11.7 Å². The summed E-state index contributed by atoms with van der Waals surface area (Å²) in [6.07, 6.45) is 3.56. The van der Waals surface area contributed by atoms with Crippen molar-refractivity contribution >= 4 is 0 Å². The van der Waals surface area contributed by atoms with Gasteiger partial charge in [-0.25, -0.2) is 4.98 Å². The fourth-order valence-corrected chi connectivity index (χ4v) is 1.07. The molecule has 70 valence electrons. The van der Waals surface area contributed by atoms with E-state index in [1.165, 1.54) is 0 Å². The molecule has 0 N–H and O–H groups in total. The predicted molar refractivity (Wildman–Crippen MR) is 45.8 cm³/mol. The van der Waals surface area contributed by atoms with Crippen molar-refractivity contribution < 1.29 is 4.52 Å². The summed E-state index contributed by atoms with van der Waals surface area (Å²) in [6, 6.07) is 1.93. The van der Waals surface area contributed by atoms with E-state index in [1.807, 2.05) is 13.1 Å². The smallest absolute Gasteiger partial charge is 0.241 e. The molecule has 0 atom stereocenters. The van der Waals surface area contributed by atoms with Crippen molar-refractivity contribution in [1.82, 2.24) is 19.7 Å². The number of nitriles is 1. The third-order valence-electron chi connectivity index (χ3n) is 1.72. The van der Waals surface area contributed by atoms with E-state index in [4.69, 9.17) is 9.78 Å². The average Bonchev–Trinajstić information content (AvgIpc) is 2.74. The van der Waals surface area contributed by atoms with Crippen LogP contribution in [-0.2, 0) is 13.5 Å². The number of aromatic nitrogens is 4. The first kappa shape index (κ1) is 8.44. The summed E-state index contributed by atoms with van der Waals surface area (Å²) in [5, 5.41) is 12.1. The Morgan fingerprint density at radius 1 is 1.64 bits per heavy atom. The Hall–Kier alpha value is -2.16. The van der Waals surface area contributed by atoms with E-state index in [0.29, 0.717) is 17.5 Å². The van der Waals surface area contributed by atoms with Gasteiger partial charge in [-0.2, -0.15) is 10.2 Å². The Morgan fingerprint density at radius 3 is 3.14 bits per heavy atom. The third-order valence-corrected chi connectivity index (χ3v) is 1.72. The van der Waals surface area contributed by atoms with Crippen molar-refractivity contribution in [3.8, 4) is 17.7 Å². The number of hydrogen-bond donors (Lipinski definition) is 0. The summed E-state index contributed by atoms with van der Waals surface area (Å²) in [6.45, 7) is 0. The fraction of sp³-hybridized carbons (Fsp3) is 0.250. The summed E-state index contributed by atoms with van der Waals surface area (Å²) in [4.78, 5) is 8.07. The van der Waals surface area contributed by atoms with E-state index in [-0.39, 0.29) is 6.42 Å². The topological polar surface area (TPSA) is 80.5 Å². The number of rotatable bonds is 2. The van der Waals surface area contributed by atoms with Gasteiger partial charge in [-0.05, 0) is 0 Å². The second-order valence-electron chi connectivity index (χ2n) is 2.71. The van der Waals surface area contributed by atoms with E-state index in [1.54, 1.807) is 17.0 Å². The SMILES string of the molecule is Cn1ccnc1-c1noc(CC#N)n1. The summed E-state index contributed by atoms with van der Waals surface area (Å²) in [5.74, 6) is 1.34. The van der Waals surface area contributed by atoms with Gasteiger partial charge in [-0.3, -0.25) is 0 Å². The quantitative estimate of drug-likeness (QED) is 0.688. The minimum absolute atomic E-state index is 0.122. The van der Waals surface area contributed by atoms with Gasteiger partial charge in [0.15, 0.2) is 5.82 Å². The Morgan fingerprint density at radius 2 is 2.50 bits per heavy atom. The molecule has 2 heterocycles. The van der Waals surface area contributed by atoms with Crippen molar-refractivity contribution in [2.45, 2.75) is 6.42 Å². The molecule has 0 spiro atoms. The van der Waals surface area contributed by atoms with E-state index in [0.717, 1.165) is 0 Å². The second kappa shape index (κ2) is 3.30. The fourth-order valence-electron chi connectivity index (χ4n) is 1.07. The highest BCUT2D eigenvalue weighted by molar-refractivity contribution is 5.42. The molecule has 2 rings (SSSR count). The molecule has 2 aromatic rings. The van der Waals surface area contributed by atoms with Crippen LogP contribution in [0.3, 0.4) is 0 Å². The first-order valence-corrected chi connectivity index (χ1v) is 3.98. The Labute approximate surface area is 79.8 Å². The molecule has 0 saturated carbocycles. The van der Waals surface area contributed by atoms with Crippen LogP contribution in [0.4, 0.5) is 0 Å². The number of aryl methyl sites for hydroxylation is 1. The zero-order valence-corrected chi connectivity index (χ0v) is 7.51. The normalized spacial score (nSPS) is 10.0. The maximum atomic E-state index is 8.42. The minimum Gasteiger partial charge on any atom is -0.338 e. The molecule has 0 aliphatic rings. The van der Waals surface area contributed by atoms with Gasteiger partial charge in [0, 0.05) is 19.4 Å². The standard InChI is InChI=1S/C8H7N5O/c1-13-5-4-10-8(13)7-11-6(2-3-9)14-12-7/h4-5H,2H2,1H3. The highest BCUT2D eigenvalue weighted by Crippen LogP contribution is 2.11. The van der Waals surface area contributed by atoms with Gasteiger partial charge >= 0.3 is 0 Å². The van der Waals surface area contributed by atoms with Gasteiger partial charge in [0.05, 0.1) is 6.07 Å². The van der Waals surface area contributed by atoms with Crippen LogP contribution in [0.15, 0.2) is 16.9 Å².